The fourth-order valence-electron chi connectivity index (χ4n) is 2.26. The van der Waals surface area contributed by atoms with E-state index in [9.17, 15) is 13.6 Å². The number of carbonyl (C=O) groups is 1. The van der Waals surface area contributed by atoms with Crippen molar-refractivity contribution in [3.63, 3.8) is 0 Å². The maximum atomic E-state index is 13.8. The van der Waals surface area contributed by atoms with Gasteiger partial charge in [-0.3, -0.25) is 4.79 Å². The zero-order valence-electron chi connectivity index (χ0n) is 13.3. The van der Waals surface area contributed by atoms with Crippen LogP contribution in [0.2, 0.25) is 0 Å². The second kappa shape index (κ2) is 7.94. The van der Waals surface area contributed by atoms with Crippen LogP contribution in [0.25, 0.3) is 0 Å². The zero-order chi connectivity index (χ0) is 16.8. The molecule has 2 heterocycles. The molecule has 0 N–H and O–H groups in total. The fourth-order valence-corrected chi connectivity index (χ4v) is 2.26. The van der Waals surface area contributed by atoms with Crippen molar-refractivity contribution in [3.8, 4) is 0 Å². The molecule has 4 rings (SSSR count). The van der Waals surface area contributed by atoms with Crippen LogP contribution in [0.5, 0.6) is 0 Å². The molecular formula is C17H21F2N3O. The number of carbonyl (C=O) groups excluding carboxylic acids is 1. The van der Waals surface area contributed by atoms with E-state index in [0.717, 1.165) is 18.4 Å². The Morgan fingerprint density at radius 2 is 1.78 bits per heavy atom. The minimum atomic E-state index is -1.15. The van der Waals surface area contributed by atoms with E-state index in [-0.39, 0.29) is 17.7 Å². The van der Waals surface area contributed by atoms with Crippen LogP contribution in [0.15, 0.2) is 30.3 Å². The van der Waals surface area contributed by atoms with Crippen molar-refractivity contribution in [1.82, 2.24) is 14.8 Å². The van der Waals surface area contributed by atoms with Crippen LogP contribution in [0.1, 0.15) is 67.3 Å². The van der Waals surface area contributed by atoms with E-state index in [4.69, 9.17) is 0 Å². The van der Waals surface area contributed by atoms with Crippen molar-refractivity contribution in [2.75, 3.05) is 0 Å². The van der Waals surface area contributed by atoms with Gasteiger partial charge in [0.25, 0.3) is 0 Å². The minimum Gasteiger partial charge on any atom is -0.294 e. The highest BCUT2D eigenvalue weighted by atomic mass is 19.1. The first kappa shape index (κ1) is 17.2. The van der Waals surface area contributed by atoms with Crippen LogP contribution < -0.4 is 0 Å². The highest BCUT2D eigenvalue weighted by molar-refractivity contribution is 5.68. The molecule has 1 saturated carbocycles. The fraction of sp³-hybridized carbons (Fsp3) is 0.471. The van der Waals surface area contributed by atoms with Crippen molar-refractivity contribution in [2.24, 2.45) is 0 Å². The summed E-state index contributed by atoms with van der Waals surface area (Å²) in [7, 11) is 0. The Labute approximate surface area is 134 Å². The Balaban J connectivity index is 0.000000274. The highest BCUT2D eigenvalue weighted by Crippen LogP contribution is 2.38. The molecular weight excluding hydrogens is 300 g/mol. The van der Waals surface area contributed by atoms with E-state index in [0.29, 0.717) is 12.7 Å². The quantitative estimate of drug-likeness (QED) is 0.777. The molecule has 0 bridgehead atoms. The third-order valence-electron chi connectivity index (χ3n) is 3.48. The van der Waals surface area contributed by atoms with Gasteiger partial charge in [-0.05, 0) is 18.4 Å². The molecule has 4 nitrogen and oxygen atoms in total. The van der Waals surface area contributed by atoms with Crippen molar-refractivity contribution in [2.45, 2.75) is 51.5 Å². The van der Waals surface area contributed by atoms with Gasteiger partial charge in [-0.2, -0.15) is 0 Å². The molecule has 1 fully saturated rings. The summed E-state index contributed by atoms with van der Waals surface area (Å²) in [6.45, 7) is 4.00. The van der Waals surface area contributed by atoms with Crippen LogP contribution in [0.3, 0.4) is 0 Å². The molecule has 1 aromatic carbocycles. The summed E-state index contributed by atoms with van der Waals surface area (Å²) in [5.74, 6) is 0.296. The van der Waals surface area contributed by atoms with Gasteiger partial charge in [-0.15, -0.1) is 5.10 Å². The molecule has 6 heteroatoms. The Morgan fingerprint density at radius 1 is 1.17 bits per heavy atom. The second-order valence-corrected chi connectivity index (χ2v) is 5.19. The van der Waals surface area contributed by atoms with Gasteiger partial charge in [0, 0.05) is 6.42 Å². The van der Waals surface area contributed by atoms with E-state index in [2.05, 4.69) is 10.1 Å². The number of hydrogen-bond acceptors (Lipinski definition) is 3. The average molecular weight is 321 g/mol. The van der Waals surface area contributed by atoms with Crippen molar-refractivity contribution >= 4 is 6.29 Å². The largest absolute Gasteiger partial charge is 0.294 e. The summed E-state index contributed by atoms with van der Waals surface area (Å²) in [5, 5.41) is 4.01. The monoisotopic (exact) mass is 321 g/mol. The first-order chi connectivity index (χ1) is 11.2. The first-order valence-corrected chi connectivity index (χ1v) is 7.93. The molecule has 0 spiro atoms. The number of rotatable bonds is 2. The molecule has 0 saturated heterocycles. The molecule has 2 atom stereocenters. The Kier molecular flexibility index (Phi) is 5.96. The van der Waals surface area contributed by atoms with Gasteiger partial charge >= 0.3 is 0 Å². The maximum Gasteiger partial charge on any atom is 0.214 e. The summed E-state index contributed by atoms with van der Waals surface area (Å²) in [4.78, 5) is 14.5. The lowest BCUT2D eigenvalue weighted by atomic mass is 10.0. The van der Waals surface area contributed by atoms with Gasteiger partial charge in [-0.1, -0.05) is 44.2 Å². The zero-order valence-corrected chi connectivity index (χ0v) is 13.3. The number of benzene rings is 1. The molecule has 2 aromatic rings. The Bertz CT molecular complexity index is 626. The van der Waals surface area contributed by atoms with Crippen molar-refractivity contribution < 1.29 is 13.6 Å². The molecule has 2 unspecified atom stereocenters. The lowest BCUT2D eigenvalue weighted by Gasteiger charge is -2.10. The van der Waals surface area contributed by atoms with Crippen LogP contribution >= 0.6 is 0 Å². The molecule has 1 aromatic heterocycles. The lowest BCUT2D eigenvalue weighted by Crippen LogP contribution is -2.07. The van der Waals surface area contributed by atoms with E-state index < -0.39 is 12.3 Å². The number of hydrogen-bond donors (Lipinski definition) is 0. The Hall–Kier alpha value is -2.11. The summed E-state index contributed by atoms with van der Waals surface area (Å²) in [6.07, 6.45) is 0.944. The van der Waals surface area contributed by atoms with Gasteiger partial charge in [0.15, 0.2) is 18.3 Å². The first-order valence-electron chi connectivity index (χ1n) is 7.93. The van der Waals surface area contributed by atoms with E-state index in [1.165, 1.54) is 4.68 Å². The number of aromatic nitrogens is 3. The lowest BCUT2D eigenvalue weighted by molar-refractivity contribution is 0.111. The maximum absolute atomic E-state index is 13.8. The number of halogens is 2. The van der Waals surface area contributed by atoms with Crippen LogP contribution in [0, 0.1) is 0 Å². The highest BCUT2D eigenvalue weighted by Gasteiger charge is 2.35. The van der Waals surface area contributed by atoms with E-state index in [1.807, 2.05) is 44.2 Å². The number of alkyl halides is 2. The SMILES string of the molecule is CC.FC1CC1.O=Cc1nc2n(n1)C(c1ccccc1)CC2F. The predicted octanol–water partition coefficient (Wildman–Crippen LogP) is 4.24. The normalized spacial score (nSPS) is 21.4. The number of aldehydes is 1. The van der Waals surface area contributed by atoms with Crippen LogP contribution in [0.4, 0.5) is 8.78 Å². The van der Waals surface area contributed by atoms with Gasteiger partial charge in [0.05, 0.1) is 6.04 Å². The van der Waals surface area contributed by atoms with Crippen molar-refractivity contribution in [3.05, 3.63) is 47.5 Å². The van der Waals surface area contributed by atoms with Crippen LogP contribution in [-0.2, 0) is 0 Å². The van der Waals surface area contributed by atoms with E-state index >= 15 is 0 Å². The summed E-state index contributed by atoms with van der Waals surface area (Å²) in [5.41, 5.74) is 0.983. The minimum absolute atomic E-state index is 0.0447. The van der Waals surface area contributed by atoms with Crippen molar-refractivity contribution in [1.29, 1.82) is 0 Å². The molecule has 1 aliphatic heterocycles. The third-order valence-corrected chi connectivity index (χ3v) is 3.48. The molecule has 0 radical (unpaired) electrons. The second-order valence-electron chi connectivity index (χ2n) is 5.19. The number of nitrogens with zero attached hydrogens (tertiary/aromatic N) is 3. The van der Waals surface area contributed by atoms with E-state index in [1.54, 1.807) is 0 Å². The molecule has 0 amide bonds. The third kappa shape index (κ3) is 4.21. The molecule has 2 aliphatic rings. The van der Waals surface area contributed by atoms with Gasteiger partial charge in [0.1, 0.15) is 6.17 Å². The Morgan fingerprint density at radius 3 is 2.30 bits per heavy atom. The smallest absolute Gasteiger partial charge is 0.214 e. The average Bonchev–Trinajstić information content (AvgIpc) is 3.16. The topological polar surface area (TPSA) is 47.8 Å². The van der Waals surface area contributed by atoms with Gasteiger partial charge < -0.3 is 0 Å². The predicted molar refractivity (Wildman–Crippen MR) is 83.9 cm³/mol. The molecule has 1 aliphatic carbocycles. The summed E-state index contributed by atoms with van der Waals surface area (Å²) >= 11 is 0. The molecule has 23 heavy (non-hydrogen) atoms. The summed E-state index contributed by atoms with van der Waals surface area (Å²) < 4.78 is 26.4. The number of fused-ring (bicyclic) bond motifs is 1. The molecule has 124 valence electrons. The van der Waals surface area contributed by atoms with Gasteiger partial charge in [0.2, 0.25) is 5.82 Å². The summed E-state index contributed by atoms with van der Waals surface area (Å²) in [6, 6.07) is 9.40. The van der Waals surface area contributed by atoms with Gasteiger partial charge in [-0.25, -0.2) is 18.4 Å². The van der Waals surface area contributed by atoms with Crippen LogP contribution in [-0.4, -0.2) is 27.2 Å². The standard InChI is InChI=1S/C12H10FN3O.C3H5F.C2H6/c13-9-6-10(8-4-2-1-3-5-8)16-12(9)14-11(7-17)15-16;4-3-1-2-3;1-2/h1-5,7,9-10H,6H2;3H,1-2H2;1-2H3.